The summed E-state index contributed by atoms with van der Waals surface area (Å²) < 4.78 is 13.0. The van der Waals surface area contributed by atoms with Gasteiger partial charge in [-0.05, 0) is 25.1 Å². The summed E-state index contributed by atoms with van der Waals surface area (Å²) in [7, 11) is 0. The number of rotatable bonds is 4. The fraction of sp³-hybridized carbons (Fsp3) is 0.182. The first kappa shape index (κ1) is 11.8. The first-order valence-corrected chi connectivity index (χ1v) is 5.29. The van der Waals surface area contributed by atoms with Gasteiger partial charge in [0.2, 0.25) is 0 Å². The molecule has 0 unspecified atom stereocenters. The van der Waals surface area contributed by atoms with Crippen molar-refractivity contribution in [2.45, 2.75) is 11.8 Å². The highest BCUT2D eigenvalue weighted by Crippen LogP contribution is 2.22. The van der Waals surface area contributed by atoms with E-state index in [1.54, 1.807) is 6.07 Å². The summed E-state index contributed by atoms with van der Waals surface area (Å²) >= 11 is 1.44. The summed E-state index contributed by atoms with van der Waals surface area (Å²) in [5.74, 6) is -1.25. The normalized spacial score (nSPS) is 10.0. The van der Waals surface area contributed by atoms with Gasteiger partial charge < -0.3 is 5.11 Å². The smallest absolute Gasteiger partial charge is 0.338 e. The molecule has 0 saturated heterocycles. The van der Waals surface area contributed by atoms with E-state index in [1.807, 2.05) is 6.92 Å². The second-order valence-electron chi connectivity index (χ2n) is 3.19. The summed E-state index contributed by atoms with van der Waals surface area (Å²) in [6, 6.07) is 4.07. The van der Waals surface area contributed by atoms with E-state index in [0.717, 1.165) is 10.5 Å². The number of carboxylic acid groups (broad SMARTS) is 1. The Morgan fingerprint density at radius 2 is 2.27 bits per heavy atom. The molecule has 1 N–H and O–H groups in total. The Kier molecular flexibility index (Phi) is 3.91. The standard InChI is InChI=1S/C11H11FO2S/c1-7(2)6-15-8-3-4-10(12)9(5-8)11(13)14/h3-5H,1,6H2,2H3,(H,13,14). The zero-order valence-electron chi connectivity index (χ0n) is 8.29. The van der Waals surface area contributed by atoms with Gasteiger partial charge in [-0.3, -0.25) is 0 Å². The number of carbonyl (C=O) groups is 1. The molecule has 80 valence electrons. The largest absolute Gasteiger partial charge is 0.478 e. The zero-order chi connectivity index (χ0) is 11.4. The van der Waals surface area contributed by atoms with Crippen molar-refractivity contribution in [1.29, 1.82) is 0 Å². The number of aromatic carboxylic acids is 1. The predicted octanol–water partition coefficient (Wildman–Crippen LogP) is 3.19. The molecule has 1 rings (SSSR count). The van der Waals surface area contributed by atoms with E-state index in [-0.39, 0.29) is 5.56 Å². The van der Waals surface area contributed by atoms with Gasteiger partial charge in [-0.1, -0.05) is 12.2 Å². The molecule has 0 bridgehead atoms. The molecule has 15 heavy (non-hydrogen) atoms. The van der Waals surface area contributed by atoms with Gasteiger partial charge in [0.15, 0.2) is 0 Å². The van der Waals surface area contributed by atoms with Crippen molar-refractivity contribution in [3.05, 3.63) is 41.7 Å². The van der Waals surface area contributed by atoms with Gasteiger partial charge in [0.1, 0.15) is 5.82 Å². The highest BCUT2D eigenvalue weighted by molar-refractivity contribution is 7.99. The minimum Gasteiger partial charge on any atom is -0.478 e. The fourth-order valence-electron chi connectivity index (χ4n) is 0.965. The van der Waals surface area contributed by atoms with Crippen molar-refractivity contribution >= 4 is 17.7 Å². The van der Waals surface area contributed by atoms with E-state index >= 15 is 0 Å². The molecule has 0 aliphatic rings. The van der Waals surface area contributed by atoms with Crippen LogP contribution < -0.4 is 0 Å². The van der Waals surface area contributed by atoms with E-state index in [9.17, 15) is 9.18 Å². The van der Waals surface area contributed by atoms with E-state index in [0.29, 0.717) is 5.75 Å². The maximum absolute atomic E-state index is 13.0. The van der Waals surface area contributed by atoms with Gasteiger partial charge in [0.05, 0.1) is 5.56 Å². The number of benzene rings is 1. The maximum atomic E-state index is 13.0. The van der Waals surface area contributed by atoms with Crippen LogP contribution in [-0.4, -0.2) is 16.8 Å². The van der Waals surface area contributed by atoms with E-state index in [4.69, 9.17) is 5.11 Å². The molecule has 0 saturated carbocycles. The first-order valence-electron chi connectivity index (χ1n) is 4.30. The van der Waals surface area contributed by atoms with Crippen LogP contribution in [0.25, 0.3) is 0 Å². The molecular formula is C11H11FO2S. The van der Waals surface area contributed by atoms with Gasteiger partial charge in [0.25, 0.3) is 0 Å². The summed E-state index contributed by atoms with van der Waals surface area (Å²) in [4.78, 5) is 11.4. The van der Waals surface area contributed by atoms with Gasteiger partial charge in [-0.15, -0.1) is 11.8 Å². The minimum atomic E-state index is -1.25. The molecule has 0 spiro atoms. The Morgan fingerprint density at radius 1 is 1.60 bits per heavy atom. The molecule has 0 atom stereocenters. The molecule has 0 amide bonds. The Hall–Kier alpha value is -1.29. The topological polar surface area (TPSA) is 37.3 Å². The molecule has 4 heteroatoms. The Morgan fingerprint density at radius 3 is 2.80 bits per heavy atom. The third kappa shape index (κ3) is 3.40. The third-order valence-electron chi connectivity index (χ3n) is 1.65. The van der Waals surface area contributed by atoms with Gasteiger partial charge >= 0.3 is 5.97 Å². The molecule has 1 aromatic carbocycles. The number of hydrogen-bond donors (Lipinski definition) is 1. The van der Waals surface area contributed by atoms with Gasteiger partial charge in [-0.2, -0.15) is 0 Å². The van der Waals surface area contributed by atoms with Crippen LogP contribution in [-0.2, 0) is 0 Å². The van der Waals surface area contributed by atoms with Crippen LogP contribution in [0.4, 0.5) is 4.39 Å². The second kappa shape index (κ2) is 4.98. The number of halogens is 1. The lowest BCUT2D eigenvalue weighted by atomic mass is 10.2. The molecule has 0 fully saturated rings. The summed E-state index contributed by atoms with van der Waals surface area (Å²) in [5.41, 5.74) is 0.697. The van der Waals surface area contributed by atoms with Gasteiger partial charge in [-0.25, -0.2) is 9.18 Å². The highest BCUT2D eigenvalue weighted by Gasteiger charge is 2.10. The average molecular weight is 226 g/mol. The van der Waals surface area contributed by atoms with Gasteiger partial charge in [0, 0.05) is 10.6 Å². The molecular weight excluding hydrogens is 215 g/mol. The van der Waals surface area contributed by atoms with E-state index < -0.39 is 11.8 Å². The van der Waals surface area contributed by atoms with Crippen LogP contribution in [0.5, 0.6) is 0 Å². The minimum absolute atomic E-state index is 0.290. The number of carboxylic acids is 1. The molecule has 0 aromatic heterocycles. The van der Waals surface area contributed by atoms with Crippen molar-refractivity contribution in [3.8, 4) is 0 Å². The maximum Gasteiger partial charge on any atom is 0.338 e. The summed E-state index contributed by atoms with van der Waals surface area (Å²) in [6.07, 6.45) is 0. The lowest BCUT2D eigenvalue weighted by Gasteiger charge is -2.03. The van der Waals surface area contributed by atoms with Crippen LogP contribution in [0.1, 0.15) is 17.3 Å². The molecule has 0 heterocycles. The number of thioether (sulfide) groups is 1. The molecule has 0 aliphatic carbocycles. The second-order valence-corrected chi connectivity index (χ2v) is 4.24. The lowest BCUT2D eigenvalue weighted by molar-refractivity contribution is 0.0691. The molecule has 2 nitrogen and oxygen atoms in total. The van der Waals surface area contributed by atoms with E-state index in [1.165, 1.54) is 23.9 Å². The highest BCUT2D eigenvalue weighted by atomic mass is 32.2. The monoisotopic (exact) mass is 226 g/mol. The van der Waals surface area contributed by atoms with Crippen LogP contribution in [0.2, 0.25) is 0 Å². The van der Waals surface area contributed by atoms with E-state index in [2.05, 4.69) is 6.58 Å². The van der Waals surface area contributed by atoms with Crippen molar-refractivity contribution in [3.63, 3.8) is 0 Å². The molecule has 0 aliphatic heterocycles. The lowest BCUT2D eigenvalue weighted by Crippen LogP contribution is -2.00. The third-order valence-corrected chi connectivity index (χ3v) is 2.88. The summed E-state index contributed by atoms with van der Waals surface area (Å²) in [6.45, 7) is 5.62. The fourth-order valence-corrected chi connectivity index (χ4v) is 1.74. The van der Waals surface area contributed by atoms with Crippen molar-refractivity contribution in [1.82, 2.24) is 0 Å². The Labute approximate surface area is 91.8 Å². The van der Waals surface area contributed by atoms with Crippen LogP contribution in [0, 0.1) is 5.82 Å². The first-order chi connectivity index (χ1) is 7.00. The zero-order valence-corrected chi connectivity index (χ0v) is 9.10. The quantitative estimate of drug-likeness (QED) is 0.632. The predicted molar refractivity (Wildman–Crippen MR) is 58.9 cm³/mol. The molecule has 1 aromatic rings. The van der Waals surface area contributed by atoms with Crippen molar-refractivity contribution in [2.75, 3.05) is 5.75 Å². The van der Waals surface area contributed by atoms with Crippen LogP contribution in [0.15, 0.2) is 35.2 Å². The Balaban J connectivity index is 2.87. The van der Waals surface area contributed by atoms with Crippen LogP contribution in [0.3, 0.4) is 0 Å². The van der Waals surface area contributed by atoms with Crippen molar-refractivity contribution < 1.29 is 14.3 Å². The summed E-state index contributed by atoms with van der Waals surface area (Å²) in [5, 5.41) is 8.70. The SMILES string of the molecule is C=C(C)CSc1ccc(F)c(C(=O)O)c1. The number of hydrogen-bond acceptors (Lipinski definition) is 2. The Bertz CT molecular complexity index is 402. The van der Waals surface area contributed by atoms with Crippen molar-refractivity contribution in [2.24, 2.45) is 0 Å². The molecule has 0 radical (unpaired) electrons. The average Bonchev–Trinajstić information content (AvgIpc) is 2.16. The van der Waals surface area contributed by atoms with Crippen LogP contribution >= 0.6 is 11.8 Å².